The van der Waals surface area contributed by atoms with Gasteiger partial charge in [-0.25, -0.2) is 0 Å². The van der Waals surface area contributed by atoms with Crippen molar-refractivity contribution in [1.29, 1.82) is 0 Å². The largest absolute Gasteiger partial charge is 0.395 e. The van der Waals surface area contributed by atoms with Crippen LogP contribution in [0.5, 0.6) is 0 Å². The van der Waals surface area contributed by atoms with Crippen molar-refractivity contribution in [2.45, 2.75) is 51.2 Å². The molecule has 1 aliphatic rings. The first-order valence-corrected chi connectivity index (χ1v) is 6.35. The third-order valence-electron chi connectivity index (χ3n) is 3.57. The van der Waals surface area contributed by atoms with Crippen LogP contribution in [0.1, 0.15) is 39.0 Å². The molecule has 1 saturated heterocycles. The minimum absolute atomic E-state index is 0.112. The van der Waals surface area contributed by atoms with Gasteiger partial charge in [0.2, 0.25) is 0 Å². The summed E-state index contributed by atoms with van der Waals surface area (Å²) in [4.78, 5) is 2.14. The van der Waals surface area contributed by atoms with Gasteiger partial charge in [0, 0.05) is 12.5 Å². The van der Waals surface area contributed by atoms with Crippen molar-refractivity contribution in [1.82, 2.24) is 4.90 Å². The SMILES string of the molecule is CC1CCCN(CCCCC(F)(F)F)C1CO. The van der Waals surface area contributed by atoms with Crippen LogP contribution in [0.4, 0.5) is 13.2 Å². The van der Waals surface area contributed by atoms with E-state index in [1.165, 1.54) is 0 Å². The predicted molar refractivity (Wildman–Crippen MR) is 60.8 cm³/mol. The number of likely N-dealkylation sites (tertiary alicyclic amines) is 1. The number of alkyl halides is 3. The number of hydrogen-bond donors (Lipinski definition) is 1. The van der Waals surface area contributed by atoms with Gasteiger partial charge >= 0.3 is 6.18 Å². The van der Waals surface area contributed by atoms with Crippen LogP contribution in [0.2, 0.25) is 0 Å². The van der Waals surface area contributed by atoms with Crippen molar-refractivity contribution >= 4 is 0 Å². The van der Waals surface area contributed by atoms with E-state index in [-0.39, 0.29) is 19.1 Å². The molecule has 0 aromatic rings. The second-order valence-corrected chi connectivity index (χ2v) is 4.98. The molecular weight excluding hydrogens is 231 g/mol. The fourth-order valence-corrected chi connectivity index (χ4v) is 2.55. The highest BCUT2D eigenvalue weighted by atomic mass is 19.4. The Morgan fingerprint density at radius 1 is 1.29 bits per heavy atom. The highest BCUT2D eigenvalue weighted by molar-refractivity contribution is 4.81. The Morgan fingerprint density at radius 2 is 2.00 bits per heavy atom. The molecule has 0 saturated carbocycles. The molecule has 2 nitrogen and oxygen atoms in total. The van der Waals surface area contributed by atoms with Gasteiger partial charge in [0.05, 0.1) is 6.61 Å². The maximum absolute atomic E-state index is 12.0. The van der Waals surface area contributed by atoms with Crippen LogP contribution in [0.3, 0.4) is 0 Å². The van der Waals surface area contributed by atoms with E-state index >= 15 is 0 Å². The fraction of sp³-hybridized carbons (Fsp3) is 1.00. The number of aliphatic hydroxyl groups is 1. The van der Waals surface area contributed by atoms with Gasteiger partial charge in [-0.15, -0.1) is 0 Å². The average Bonchev–Trinajstić information content (AvgIpc) is 2.23. The predicted octanol–water partition coefficient (Wildman–Crippen LogP) is 2.81. The van der Waals surface area contributed by atoms with E-state index in [1.54, 1.807) is 0 Å². The average molecular weight is 253 g/mol. The molecule has 1 rings (SSSR count). The molecule has 2 atom stereocenters. The van der Waals surface area contributed by atoms with Crippen LogP contribution >= 0.6 is 0 Å². The molecule has 1 aliphatic heterocycles. The summed E-state index contributed by atoms with van der Waals surface area (Å²) in [5, 5.41) is 9.30. The number of nitrogens with zero attached hydrogens (tertiary/aromatic N) is 1. The number of hydrogen-bond acceptors (Lipinski definition) is 2. The van der Waals surface area contributed by atoms with E-state index in [1.807, 2.05) is 0 Å². The van der Waals surface area contributed by atoms with Gasteiger partial charge in [0.15, 0.2) is 0 Å². The van der Waals surface area contributed by atoms with E-state index in [2.05, 4.69) is 11.8 Å². The Balaban J connectivity index is 2.25. The molecule has 1 N–H and O–H groups in total. The lowest BCUT2D eigenvalue weighted by molar-refractivity contribution is -0.135. The molecule has 17 heavy (non-hydrogen) atoms. The van der Waals surface area contributed by atoms with Crippen LogP contribution in [0, 0.1) is 5.92 Å². The van der Waals surface area contributed by atoms with Crippen molar-refractivity contribution in [3.05, 3.63) is 0 Å². The van der Waals surface area contributed by atoms with Crippen molar-refractivity contribution in [2.24, 2.45) is 5.92 Å². The zero-order valence-corrected chi connectivity index (χ0v) is 10.3. The van der Waals surface area contributed by atoms with Crippen molar-refractivity contribution < 1.29 is 18.3 Å². The molecular formula is C12H22F3NO. The van der Waals surface area contributed by atoms with Gasteiger partial charge in [0.25, 0.3) is 0 Å². The van der Waals surface area contributed by atoms with Gasteiger partial charge in [0.1, 0.15) is 0 Å². The van der Waals surface area contributed by atoms with Crippen LogP contribution in [0.25, 0.3) is 0 Å². The summed E-state index contributed by atoms with van der Waals surface area (Å²) in [5.74, 6) is 0.441. The summed E-state index contributed by atoms with van der Waals surface area (Å²) >= 11 is 0. The Morgan fingerprint density at radius 3 is 2.59 bits per heavy atom. The molecule has 1 fully saturated rings. The highest BCUT2D eigenvalue weighted by Gasteiger charge is 2.29. The maximum Gasteiger partial charge on any atom is 0.389 e. The second-order valence-electron chi connectivity index (χ2n) is 4.98. The zero-order valence-electron chi connectivity index (χ0n) is 10.3. The number of piperidine rings is 1. The number of unbranched alkanes of at least 4 members (excludes halogenated alkanes) is 1. The third-order valence-corrected chi connectivity index (χ3v) is 3.57. The summed E-state index contributed by atoms with van der Waals surface area (Å²) < 4.78 is 35.9. The van der Waals surface area contributed by atoms with Gasteiger partial charge < -0.3 is 5.11 Å². The normalized spacial score (nSPS) is 27.4. The first-order chi connectivity index (χ1) is 7.94. The van der Waals surface area contributed by atoms with Crippen molar-refractivity contribution in [3.8, 4) is 0 Å². The summed E-state index contributed by atoms with van der Waals surface area (Å²) in [6.45, 7) is 3.79. The first-order valence-electron chi connectivity index (χ1n) is 6.35. The van der Waals surface area contributed by atoms with Crippen LogP contribution in [-0.4, -0.2) is 41.9 Å². The number of rotatable bonds is 5. The van der Waals surface area contributed by atoms with Crippen molar-refractivity contribution in [2.75, 3.05) is 19.7 Å². The topological polar surface area (TPSA) is 23.5 Å². The lowest BCUT2D eigenvalue weighted by Crippen LogP contribution is -2.46. The summed E-state index contributed by atoms with van der Waals surface area (Å²) in [6, 6.07) is 0.134. The monoisotopic (exact) mass is 253 g/mol. The van der Waals surface area contributed by atoms with E-state index in [9.17, 15) is 18.3 Å². The van der Waals surface area contributed by atoms with Crippen LogP contribution < -0.4 is 0 Å². The Kier molecular flexibility index (Phi) is 5.73. The smallest absolute Gasteiger partial charge is 0.389 e. The first kappa shape index (κ1) is 14.8. The van der Waals surface area contributed by atoms with E-state index < -0.39 is 12.6 Å². The maximum atomic E-state index is 12.0. The molecule has 1 heterocycles. The number of halogens is 3. The molecule has 0 spiro atoms. The Bertz CT molecular complexity index is 220. The molecule has 0 radical (unpaired) electrons. The third kappa shape index (κ3) is 5.25. The number of aliphatic hydroxyl groups excluding tert-OH is 1. The molecule has 0 amide bonds. The molecule has 2 unspecified atom stereocenters. The van der Waals surface area contributed by atoms with Gasteiger partial charge in [-0.3, -0.25) is 4.90 Å². The molecule has 0 aromatic carbocycles. The van der Waals surface area contributed by atoms with Crippen LogP contribution in [-0.2, 0) is 0 Å². The molecule has 0 bridgehead atoms. The van der Waals surface area contributed by atoms with Crippen LogP contribution in [0.15, 0.2) is 0 Å². The minimum Gasteiger partial charge on any atom is -0.395 e. The standard InChI is InChI=1S/C12H22F3NO/c1-10-5-4-8-16(11(10)9-17)7-3-2-6-12(13,14)15/h10-11,17H,2-9H2,1H3. The summed E-state index contributed by atoms with van der Waals surface area (Å²) in [5.41, 5.74) is 0. The second kappa shape index (κ2) is 6.59. The Labute approximate surface area is 101 Å². The Hall–Kier alpha value is -0.290. The lowest BCUT2D eigenvalue weighted by atomic mass is 9.91. The van der Waals surface area contributed by atoms with Gasteiger partial charge in [-0.1, -0.05) is 6.92 Å². The quantitative estimate of drug-likeness (QED) is 0.762. The fourth-order valence-electron chi connectivity index (χ4n) is 2.55. The molecule has 102 valence electrons. The highest BCUT2D eigenvalue weighted by Crippen LogP contribution is 2.25. The van der Waals surface area contributed by atoms with Gasteiger partial charge in [-0.05, 0) is 44.7 Å². The van der Waals surface area contributed by atoms with E-state index in [0.717, 1.165) is 19.4 Å². The van der Waals surface area contributed by atoms with Crippen molar-refractivity contribution in [3.63, 3.8) is 0 Å². The van der Waals surface area contributed by atoms with E-state index in [0.29, 0.717) is 18.9 Å². The minimum atomic E-state index is -4.04. The van der Waals surface area contributed by atoms with Gasteiger partial charge in [-0.2, -0.15) is 13.2 Å². The molecule has 0 aromatic heterocycles. The lowest BCUT2D eigenvalue weighted by Gasteiger charge is -2.39. The summed E-state index contributed by atoms with van der Waals surface area (Å²) in [6.07, 6.45) is -1.80. The zero-order chi connectivity index (χ0) is 12.9. The summed E-state index contributed by atoms with van der Waals surface area (Å²) in [7, 11) is 0. The molecule has 5 heteroatoms. The van der Waals surface area contributed by atoms with E-state index in [4.69, 9.17) is 0 Å². The molecule has 0 aliphatic carbocycles.